The minimum absolute atomic E-state index is 0.242. The average molecular weight is 315 g/mol. The zero-order chi connectivity index (χ0) is 16.6. The van der Waals surface area contributed by atoms with Gasteiger partial charge in [0.15, 0.2) is 0 Å². The number of aromatic nitrogens is 3. The van der Waals surface area contributed by atoms with Gasteiger partial charge in [0, 0.05) is 19.3 Å². The van der Waals surface area contributed by atoms with Crippen LogP contribution in [0.4, 0.5) is 10.6 Å². The number of hydrogen-bond acceptors (Lipinski definition) is 4. The fourth-order valence-electron chi connectivity index (χ4n) is 2.80. The second kappa shape index (κ2) is 5.71. The van der Waals surface area contributed by atoms with Crippen LogP contribution < -0.4 is 21.9 Å². The van der Waals surface area contributed by atoms with Gasteiger partial charge >= 0.3 is 11.7 Å². The lowest BCUT2D eigenvalue weighted by molar-refractivity contribution is 0.248. The van der Waals surface area contributed by atoms with Gasteiger partial charge < -0.3 is 5.32 Å². The van der Waals surface area contributed by atoms with Crippen molar-refractivity contribution in [3.63, 3.8) is 0 Å². The van der Waals surface area contributed by atoms with Gasteiger partial charge in [-0.05, 0) is 26.0 Å². The number of hydrogen-bond donors (Lipinski definition) is 2. The highest BCUT2D eigenvalue weighted by Gasteiger charge is 2.33. The van der Waals surface area contributed by atoms with Crippen LogP contribution in [0, 0.1) is 0 Å². The van der Waals surface area contributed by atoms with Gasteiger partial charge in [0.25, 0.3) is 5.56 Å². The quantitative estimate of drug-likeness (QED) is 0.869. The Hall–Kier alpha value is -2.90. The van der Waals surface area contributed by atoms with Crippen molar-refractivity contribution in [2.24, 2.45) is 0 Å². The Bertz CT molecular complexity index is 869. The number of rotatable bonds is 3. The Morgan fingerprint density at radius 3 is 2.48 bits per heavy atom. The van der Waals surface area contributed by atoms with E-state index in [0.717, 1.165) is 4.57 Å². The summed E-state index contributed by atoms with van der Waals surface area (Å²) < 4.78 is 2.56. The fourth-order valence-corrected chi connectivity index (χ4v) is 2.80. The first-order valence-electron chi connectivity index (χ1n) is 7.44. The van der Waals surface area contributed by atoms with E-state index in [1.165, 1.54) is 4.57 Å². The molecule has 0 aromatic carbocycles. The van der Waals surface area contributed by atoms with Crippen LogP contribution >= 0.6 is 0 Å². The standard InChI is InChI=1S/C15H17N5O3/c1-3-19-12-10(13(21)20(4-2)15(19)23)11(17-14(22)18-12)9-7-5-6-8-16-9/h5-8,11H,3-4H2,1-2H3,(H2,17,18,22). The molecule has 2 aromatic rings. The van der Waals surface area contributed by atoms with Crippen molar-refractivity contribution in [2.45, 2.75) is 33.0 Å². The Balaban J connectivity index is 2.35. The van der Waals surface area contributed by atoms with Crippen LogP contribution in [0.2, 0.25) is 0 Å². The Morgan fingerprint density at radius 2 is 1.87 bits per heavy atom. The molecule has 1 atom stereocenters. The summed E-state index contributed by atoms with van der Waals surface area (Å²) in [5, 5.41) is 5.29. The van der Waals surface area contributed by atoms with Crippen LogP contribution in [-0.2, 0) is 13.1 Å². The monoisotopic (exact) mass is 315 g/mol. The Morgan fingerprint density at radius 1 is 1.13 bits per heavy atom. The summed E-state index contributed by atoms with van der Waals surface area (Å²) in [4.78, 5) is 41.4. The van der Waals surface area contributed by atoms with Crippen molar-refractivity contribution in [1.29, 1.82) is 0 Å². The van der Waals surface area contributed by atoms with Crippen molar-refractivity contribution in [3.8, 4) is 0 Å². The minimum Gasteiger partial charge on any atom is -0.325 e. The first-order chi connectivity index (χ1) is 11.1. The predicted octanol–water partition coefficient (Wildman–Crippen LogP) is 0.669. The number of urea groups is 1. The highest BCUT2D eigenvalue weighted by molar-refractivity contribution is 5.92. The van der Waals surface area contributed by atoms with Crippen molar-refractivity contribution < 1.29 is 4.79 Å². The summed E-state index contributed by atoms with van der Waals surface area (Å²) in [5.74, 6) is 0.242. The number of amides is 2. The molecule has 2 aromatic heterocycles. The summed E-state index contributed by atoms with van der Waals surface area (Å²) in [5.41, 5.74) is 0.0253. The summed E-state index contributed by atoms with van der Waals surface area (Å²) in [6, 6.07) is 4.11. The van der Waals surface area contributed by atoms with Crippen molar-refractivity contribution in [1.82, 2.24) is 19.4 Å². The predicted molar refractivity (Wildman–Crippen MR) is 84.5 cm³/mol. The summed E-state index contributed by atoms with van der Waals surface area (Å²) >= 11 is 0. The first-order valence-corrected chi connectivity index (χ1v) is 7.44. The number of nitrogens with one attached hydrogen (secondary N) is 2. The van der Waals surface area contributed by atoms with Gasteiger partial charge in [-0.25, -0.2) is 9.59 Å². The van der Waals surface area contributed by atoms with Crippen LogP contribution in [0.5, 0.6) is 0 Å². The van der Waals surface area contributed by atoms with Crippen molar-refractivity contribution >= 4 is 11.8 Å². The molecule has 8 heteroatoms. The molecule has 0 saturated carbocycles. The molecule has 1 aliphatic rings. The number of anilines is 1. The van der Waals surface area contributed by atoms with Crippen LogP contribution in [0.3, 0.4) is 0 Å². The van der Waals surface area contributed by atoms with Gasteiger partial charge in [0.2, 0.25) is 0 Å². The lowest BCUT2D eigenvalue weighted by Crippen LogP contribution is -2.50. The molecule has 120 valence electrons. The van der Waals surface area contributed by atoms with E-state index < -0.39 is 23.3 Å². The number of pyridine rings is 1. The molecule has 0 radical (unpaired) electrons. The maximum absolute atomic E-state index is 12.8. The number of carbonyl (C=O) groups excluding carboxylic acids is 1. The van der Waals surface area contributed by atoms with E-state index in [9.17, 15) is 14.4 Å². The summed E-state index contributed by atoms with van der Waals surface area (Å²) in [6.07, 6.45) is 1.59. The van der Waals surface area contributed by atoms with Gasteiger partial charge in [-0.2, -0.15) is 0 Å². The van der Waals surface area contributed by atoms with Crippen molar-refractivity contribution in [3.05, 3.63) is 56.5 Å². The normalized spacial score (nSPS) is 16.4. The van der Waals surface area contributed by atoms with Gasteiger partial charge in [0.1, 0.15) is 11.9 Å². The molecule has 1 aliphatic heterocycles. The average Bonchev–Trinajstić information content (AvgIpc) is 2.55. The van der Waals surface area contributed by atoms with E-state index in [-0.39, 0.29) is 12.4 Å². The van der Waals surface area contributed by atoms with E-state index in [1.54, 1.807) is 38.2 Å². The molecular formula is C15H17N5O3. The minimum atomic E-state index is -0.691. The molecule has 2 amide bonds. The van der Waals surface area contributed by atoms with Crippen LogP contribution in [0.15, 0.2) is 34.0 Å². The molecule has 0 saturated heterocycles. The third-order valence-corrected chi connectivity index (χ3v) is 3.87. The van der Waals surface area contributed by atoms with E-state index in [0.29, 0.717) is 17.8 Å². The molecule has 0 spiro atoms. The molecule has 0 aliphatic carbocycles. The van der Waals surface area contributed by atoms with E-state index >= 15 is 0 Å². The fraction of sp³-hybridized carbons (Fsp3) is 0.333. The molecule has 0 fully saturated rings. The number of carbonyl (C=O) groups is 1. The van der Waals surface area contributed by atoms with Gasteiger partial charge in [-0.3, -0.25) is 24.2 Å². The maximum atomic E-state index is 12.8. The van der Waals surface area contributed by atoms with Crippen LogP contribution in [0.1, 0.15) is 31.1 Å². The third-order valence-electron chi connectivity index (χ3n) is 3.87. The zero-order valence-corrected chi connectivity index (χ0v) is 12.9. The maximum Gasteiger partial charge on any atom is 0.332 e. The van der Waals surface area contributed by atoms with Gasteiger partial charge in [0.05, 0.1) is 11.3 Å². The van der Waals surface area contributed by atoms with E-state index in [4.69, 9.17) is 0 Å². The second-order valence-corrected chi connectivity index (χ2v) is 5.12. The smallest absolute Gasteiger partial charge is 0.325 e. The van der Waals surface area contributed by atoms with Gasteiger partial charge in [-0.15, -0.1) is 0 Å². The molecule has 3 heterocycles. The highest BCUT2D eigenvalue weighted by Crippen LogP contribution is 2.27. The largest absolute Gasteiger partial charge is 0.332 e. The lowest BCUT2D eigenvalue weighted by atomic mass is 10.0. The summed E-state index contributed by atoms with van der Waals surface area (Å²) in [6.45, 7) is 4.13. The molecule has 1 unspecified atom stereocenters. The summed E-state index contributed by atoms with van der Waals surface area (Å²) in [7, 11) is 0. The van der Waals surface area contributed by atoms with E-state index in [1.807, 2.05) is 0 Å². The second-order valence-electron chi connectivity index (χ2n) is 5.12. The molecule has 0 bridgehead atoms. The Labute approximate surface area is 131 Å². The topological polar surface area (TPSA) is 98.0 Å². The third kappa shape index (κ3) is 2.32. The SMILES string of the molecule is CCn1c2c(c(=O)n(CC)c1=O)C(c1ccccn1)NC(=O)N2. The van der Waals surface area contributed by atoms with Crippen molar-refractivity contribution in [2.75, 3.05) is 5.32 Å². The van der Waals surface area contributed by atoms with E-state index in [2.05, 4.69) is 15.6 Å². The molecule has 3 rings (SSSR count). The highest BCUT2D eigenvalue weighted by atomic mass is 16.2. The number of nitrogens with zero attached hydrogens (tertiary/aromatic N) is 3. The Kier molecular flexibility index (Phi) is 3.73. The molecule has 2 N–H and O–H groups in total. The van der Waals surface area contributed by atoms with Crippen LogP contribution in [-0.4, -0.2) is 20.1 Å². The van der Waals surface area contributed by atoms with Gasteiger partial charge in [-0.1, -0.05) is 6.07 Å². The number of fused-ring (bicyclic) bond motifs is 1. The first kappa shape index (κ1) is 15.0. The zero-order valence-electron chi connectivity index (χ0n) is 12.9. The lowest BCUT2D eigenvalue weighted by Gasteiger charge is -2.28. The molecule has 8 nitrogen and oxygen atoms in total. The molecule has 23 heavy (non-hydrogen) atoms. The molecular weight excluding hydrogens is 298 g/mol. The van der Waals surface area contributed by atoms with Crippen LogP contribution in [0.25, 0.3) is 0 Å².